The maximum absolute atomic E-state index is 9.03. The van der Waals surface area contributed by atoms with Crippen molar-refractivity contribution in [3.63, 3.8) is 0 Å². The third-order valence-corrected chi connectivity index (χ3v) is 3.09. The summed E-state index contributed by atoms with van der Waals surface area (Å²) in [4.78, 5) is 10.1. The summed E-state index contributed by atoms with van der Waals surface area (Å²) in [5, 5.41) is 12.4. The van der Waals surface area contributed by atoms with Gasteiger partial charge in [0.2, 0.25) is 0 Å². The zero-order valence-electron chi connectivity index (χ0n) is 11.7. The second-order valence-corrected chi connectivity index (χ2v) is 4.45. The number of anilines is 2. The normalized spacial score (nSPS) is 10.3. The number of rotatable bonds is 7. The minimum Gasteiger partial charge on any atom is -0.395 e. The maximum atomic E-state index is 9.03. The molecular weight excluding hydrogens is 252 g/mol. The molecule has 20 heavy (non-hydrogen) atoms. The first-order chi connectivity index (χ1) is 9.83. The minimum atomic E-state index is 0.169. The molecule has 5 nitrogen and oxygen atoms in total. The van der Waals surface area contributed by atoms with Crippen molar-refractivity contribution in [1.82, 2.24) is 9.97 Å². The van der Waals surface area contributed by atoms with Crippen LogP contribution in [0.5, 0.6) is 0 Å². The van der Waals surface area contributed by atoms with E-state index in [4.69, 9.17) is 5.11 Å². The Kier molecular flexibility index (Phi) is 5.32. The number of hydrogen-bond donors (Lipinski definition) is 2. The molecule has 1 aromatic heterocycles. The average Bonchev–Trinajstić information content (AvgIpc) is 2.52. The quantitative estimate of drug-likeness (QED) is 0.806. The number of hydrogen-bond acceptors (Lipinski definition) is 5. The van der Waals surface area contributed by atoms with Crippen LogP contribution in [0.2, 0.25) is 0 Å². The second-order valence-electron chi connectivity index (χ2n) is 4.45. The average molecular weight is 272 g/mol. The van der Waals surface area contributed by atoms with E-state index in [1.807, 2.05) is 12.1 Å². The van der Waals surface area contributed by atoms with Gasteiger partial charge in [-0.2, -0.15) is 0 Å². The summed E-state index contributed by atoms with van der Waals surface area (Å²) < 4.78 is 0. The van der Waals surface area contributed by atoms with Gasteiger partial charge in [0.25, 0.3) is 0 Å². The molecule has 0 fully saturated rings. The van der Waals surface area contributed by atoms with Gasteiger partial charge in [0.05, 0.1) is 6.61 Å². The molecule has 0 amide bonds. The summed E-state index contributed by atoms with van der Waals surface area (Å²) in [6.07, 6.45) is 5.13. The van der Waals surface area contributed by atoms with E-state index in [2.05, 4.69) is 39.2 Å². The Morgan fingerprint density at radius 1 is 1.15 bits per heavy atom. The molecule has 0 aliphatic heterocycles. The predicted octanol–water partition coefficient (Wildman–Crippen LogP) is 1.91. The molecule has 106 valence electrons. The van der Waals surface area contributed by atoms with E-state index >= 15 is 0 Å². The summed E-state index contributed by atoms with van der Waals surface area (Å²) in [5.74, 6) is 0. The van der Waals surface area contributed by atoms with Crippen LogP contribution in [0.3, 0.4) is 0 Å². The molecule has 0 unspecified atom stereocenters. The molecule has 0 saturated carbocycles. The third-order valence-electron chi connectivity index (χ3n) is 3.09. The molecule has 0 spiro atoms. The van der Waals surface area contributed by atoms with E-state index in [0.29, 0.717) is 13.1 Å². The summed E-state index contributed by atoms with van der Waals surface area (Å²) in [7, 11) is 0. The third kappa shape index (κ3) is 3.93. The van der Waals surface area contributed by atoms with Gasteiger partial charge in [0.15, 0.2) is 0 Å². The fourth-order valence-corrected chi connectivity index (χ4v) is 2.01. The van der Waals surface area contributed by atoms with Gasteiger partial charge >= 0.3 is 0 Å². The van der Waals surface area contributed by atoms with E-state index in [-0.39, 0.29) is 6.61 Å². The highest BCUT2D eigenvalue weighted by molar-refractivity contribution is 5.55. The molecule has 0 radical (unpaired) electrons. The Morgan fingerprint density at radius 3 is 2.45 bits per heavy atom. The monoisotopic (exact) mass is 272 g/mol. The van der Waals surface area contributed by atoms with Crippen molar-refractivity contribution in [1.29, 1.82) is 0 Å². The number of nitrogens with one attached hydrogen (secondary N) is 1. The number of aromatic nitrogens is 2. The number of aliphatic hydroxyl groups excluding tert-OH is 1. The first-order valence-corrected chi connectivity index (χ1v) is 6.77. The molecule has 0 bridgehead atoms. The highest BCUT2D eigenvalue weighted by atomic mass is 16.3. The van der Waals surface area contributed by atoms with Crippen molar-refractivity contribution in [2.75, 3.05) is 29.9 Å². The Balaban J connectivity index is 1.94. The molecule has 0 saturated heterocycles. The molecule has 0 aliphatic rings. The highest BCUT2D eigenvalue weighted by Gasteiger charge is 2.03. The summed E-state index contributed by atoms with van der Waals surface area (Å²) in [6.45, 7) is 4.49. The molecule has 2 rings (SSSR count). The van der Waals surface area contributed by atoms with Crippen molar-refractivity contribution >= 4 is 11.4 Å². The fourth-order valence-electron chi connectivity index (χ4n) is 2.01. The van der Waals surface area contributed by atoms with Gasteiger partial charge in [0.1, 0.15) is 6.33 Å². The number of nitrogens with zero attached hydrogens (tertiary/aromatic N) is 3. The van der Waals surface area contributed by atoms with Gasteiger partial charge in [-0.15, -0.1) is 0 Å². The summed E-state index contributed by atoms with van der Waals surface area (Å²) in [6, 6.07) is 8.20. The fraction of sp³-hybridized carbons (Fsp3) is 0.333. The maximum Gasteiger partial charge on any atom is 0.115 e. The Bertz CT molecular complexity index is 501. The molecule has 5 heteroatoms. The summed E-state index contributed by atoms with van der Waals surface area (Å²) in [5.41, 5.74) is 3.22. The molecule has 1 aromatic carbocycles. The number of likely N-dealkylation sites (N-methyl/N-ethyl adjacent to an activating group) is 1. The van der Waals surface area contributed by atoms with Crippen LogP contribution in [0.15, 0.2) is 43.0 Å². The van der Waals surface area contributed by atoms with Crippen LogP contribution >= 0.6 is 0 Å². The number of aliphatic hydroxyl groups is 1. The van der Waals surface area contributed by atoms with Crippen LogP contribution in [0, 0.1) is 0 Å². The first-order valence-electron chi connectivity index (χ1n) is 6.77. The van der Waals surface area contributed by atoms with E-state index in [1.165, 1.54) is 6.33 Å². The van der Waals surface area contributed by atoms with E-state index in [1.54, 1.807) is 12.4 Å². The van der Waals surface area contributed by atoms with Gasteiger partial charge in [-0.25, -0.2) is 9.97 Å². The van der Waals surface area contributed by atoms with Crippen molar-refractivity contribution in [2.45, 2.75) is 13.5 Å². The van der Waals surface area contributed by atoms with Crippen LogP contribution in [0.25, 0.3) is 0 Å². The van der Waals surface area contributed by atoms with E-state index < -0.39 is 0 Å². The van der Waals surface area contributed by atoms with Crippen molar-refractivity contribution in [2.24, 2.45) is 0 Å². The van der Waals surface area contributed by atoms with Crippen molar-refractivity contribution in [3.05, 3.63) is 48.5 Å². The van der Waals surface area contributed by atoms with Crippen molar-refractivity contribution < 1.29 is 5.11 Å². The van der Waals surface area contributed by atoms with Crippen LogP contribution in [0.4, 0.5) is 11.4 Å². The molecule has 0 aliphatic carbocycles. The Labute approximate surface area is 119 Å². The lowest BCUT2D eigenvalue weighted by molar-refractivity contribution is 0.302. The van der Waals surface area contributed by atoms with Crippen molar-refractivity contribution in [3.8, 4) is 0 Å². The van der Waals surface area contributed by atoms with Crippen LogP contribution < -0.4 is 10.2 Å². The number of benzene rings is 1. The van der Waals surface area contributed by atoms with E-state index in [0.717, 1.165) is 23.5 Å². The van der Waals surface area contributed by atoms with Gasteiger partial charge < -0.3 is 15.3 Å². The zero-order chi connectivity index (χ0) is 14.2. The molecule has 0 atom stereocenters. The van der Waals surface area contributed by atoms with Gasteiger partial charge in [-0.3, -0.25) is 0 Å². The topological polar surface area (TPSA) is 61.3 Å². The Hall–Kier alpha value is -2.14. The van der Waals surface area contributed by atoms with Crippen LogP contribution in [-0.2, 0) is 6.54 Å². The van der Waals surface area contributed by atoms with Gasteiger partial charge in [-0.1, -0.05) is 0 Å². The van der Waals surface area contributed by atoms with Gasteiger partial charge in [-0.05, 0) is 31.2 Å². The SMILES string of the molecule is CCN(CCO)c1ccc(NCc2cncnc2)cc1. The Morgan fingerprint density at radius 2 is 1.85 bits per heavy atom. The highest BCUT2D eigenvalue weighted by Crippen LogP contribution is 2.18. The van der Waals surface area contributed by atoms with Gasteiger partial charge in [0, 0.05) is 49.0 Å². The van der Waals surface area contributed by atoms with E-state index in [9.17, 15) is 0 Å². The zero-order valence-corrected chi connectivity index (χ0v) is 11.7. The lowest BCUT2D eigenvalue weighted by Crippen LogP contribution is -2.25. The first kappa shape index (κ1) is 14.3. The minimum absolute atomic E-state index is 0.169. The second kappa shape index (κ2) is 7.45. The van der Waals surface area contributed by atoms with Crippen LogP contribution in [-0.4, -0.2) is 34.8 Å². The summed E-state index contributed by atoms with van der Waals surface area (Å²) >= 11 is 0. The standard InChI is InChI=1S/C15H20N4O/c1-2-19(7-8-20)15-5-3-14(4-6-15)18-11-13-9-16-12-17-10-13/h3-6,9-10,12,18,20H,2,7-8,11H2,1H3. The molecule has 1 heterocycles. The molecule has 2 aromatic rings. The molecule has 2 N–H and O–H groups in total. The lowest BCUT2D eigenvalue weighted by atomic mass is 10.2. The lowest BCUT2D eigenvalue weighted by Gasteiger charge is -2.22. The van der Waals surface area contributed by atoms with Crippen LogP contribution in [0.1, 0.15) is 12.5 Å². The predicted molar refractivity (Wildman–Crippen MR) is 80.8 cm³/mol. The molecular formula is C15H20N4O. The smallest absolute Gasteiger partial charge is 0.115 e. The largest absolute Gasteiger partial charge is 0.395 e.